The van der Waals surface area contributed by atoms with Crippen LogP contribution < -0.4 is 11.1 Å². The Labute approximate surface area is 117 Å². The molecule has 1 aliphatic rings. The van der Waals surface area contributed by atoms with Crippen LogP contribution in [0.2, 0.25) is 0 Å². The molecular formula is C13H22N2O5. The van der Waals surface area contributed by atoms with E-state index in [-0.39, 0.29) is 0 Å². The van der Waals surface area contributed by atoms with Gasteiger partial charge in [-0.2, -0.15) is 0 Å². The van der Waals surface area contributed by atoms with Crippen LogP contribution in [0, 0.1) is 0 Å². The molecule has 7 nitrogen and oxygen atoms in total. The van der Waals surface area contributed by atoms with Crippen LogP contribution in [-0.4, -0.2) is 40.6 Å². The third-order valence-corrected chi connectivity index (χ3v) is 3.45. The lowest BCUT2D eigenvalue weighted by Gasteiger charge is -2.26. The molecule has 20 heavy (non-hydrogen) atoms. The first-order valence-electron chi connectivity index (χ1n) is 6.74. The zero-order valence-corrected chi connectivity index (χ0v) is 11.8. The Morgan fingerprint density at radius 3 is 2.40 bits per heavy atom. The summed E-state index contributed by atoms with van der Waals surface area (Å²) < 4.78 is 5.41. The number of nitrogens with two attached hydrogens (primary N) is 1. The van der Waals surface area contributed by atoms with Crippen molar-refractivity contribution in [3.8, 4) is 0 Å². The maximum Gasteiger partial charge on any atom is 0.328 e. The number of carboxylic acid groups (broad SMARTS) is 1. The Balaban J connectivity index is 2.45. The van der Waals surface area contributed by atoms with Gasteiger partial charge in [0.25, 0.3) is 0 Å². The highest BCUT2D eigenvalue weighted by molar-refractivity contribution is 5.89. The molecule has 1 amide bonds. The molecule has 4 N–H and O–H groups in total. The summed E-state index contributed by atoms with van der Waals surface area (Å²) in [6.07, 6.45) is 3.20. The van der Waals surface area contributed by atoms with Gasteiger partial charge in [0.1, 0.15) is 11.6 Å². The van der Waals surface area contributed by atoms with Gasteiger partial charge in [-0.05, 0) is 39.5 Å². The Morgan fingerprint density at radius 1 is 1.35 bits per heavy atom. The van der Waals surface area contributed by atoms with Crippen molar-refractivity contribution < 1.29 is 24.2 Å². The first-order valence-corrected chi connectivity index (χ1v) is 6.74. The molecule has 114 valence electrons. The third kappa shape index (κ3) is 4.80. The molecule has 1 rings (SSSR count). The van der Waals surface area contributed by atoms with Gasteiger partial charge in [0, 0.05) is 0 Å². The number of carbonyl (C=O) groups excluding carboxylic acids is 2. The number of carbonyl (C=O) groups is 3. The highest BCUT2D eigenvalue weighted by atomic mass is 16.6. The topological polar surface area (TPSA) is 119 Å². The van der Waals surface area contributed by atoms with Crippen molar-refractivity contribution in [2.75, 3.05) is 0 Å². The molecule has 0 radical (unpaired) electrons. The fraction of sp³-hybridized carbons (Fsp3) is 0.769. The second-order valence-electron chi connectivity index (χ2n) is 5.51. The quantitative estimate of drug-likeness (QED) is 0.599. The Kier molecular flexibility index (Phi) is 5.50. The molecule has 0 heterocycles. The van der Waals surface area contributed by atoms with Crippen molar-refractivity contribution in [1.29, 1.82) is 0 Å². The predicted octanol–water partition coefficient (Wildman–Crippen LogP) is 0.169. The summed E-state index contributed by atoms with van der Waals surface area (Å²) in [4.78, 5) is 33.9. The highest BCUT2D eigenvalue weighted by Gasteiger charge is 2.34. The van der Waals surface area contributed by atoms with Crippen molar-refractivity contribution in [2.24, 2.45) is 5.73 Å². The van der Waals surface area contributed by atoms with Gasteiger partial charge in [-0.15, -0.1) is 0 Å². The number of ether oxygens (including phenoxy) is 1. The molecule has 0 aromatic carbocycles. The van der Waals surface area contributed by atoms with E-state index < -0.39 is 42.0 Å². The van der Waals surface area contributed by atoms with Gasteiger partial charge in [0.15, 0.2) is 0 Å². The van der Waals surface area contributed by atoms with Crippen LogP contribution in [0.15, 0.2) is 0 Å². The number of nitrogens with one attached hydrogen (secondary N) is 1. The van der Waals surface area contributed by atoms with Crippen molar-refractivity contribution in [2.45, 2.75) is 63.6 Å². The van der Waals surface area contributed by atoms with Crippen molar-refractivity contribution >= 4 is 17.8 Å². The Hall–Kier alpha value is -1.63. The van der Waals surface area contributed by atoms with Gasteiger partial charge in [0.2, 0.25) is 5.91 Å². The van der Waals surface area contributed by atoms with Crippen LogP contribution >= 0.6 is 0 Å². The molecule has 0 aliphatic heterocycles. The number of hydrogen-bond acceptors (Lipinski definition) is 5. The Morgan fingerprint density at radius 2 is 1.90 bits per heavy atom. The molecule has 2 atom stereocenters. The normalized spacial score (nSPS) is 19.9. The maximum absolute atomic E-state index is 11.9. The first-order chi connectivity index (χ1) is 9.23. The van der Waals surface area contributed by atoms with Crippen molar-refractivity contribution in [1.82, 2.24) is 5.32 Å². The fourth-order valence-electron chi connectivity index (χ4n) is 2.22. The van der Waals surface area contributed by atoms with Gasteiger partial charge >= 0.3 is 11.9 Å². The van der Waals surface area contributed by atoms with Crippen molar-refractivity contribution in [3.05, 3.63) is 0 Å². The molecule has 1 saturated carbocycles. The van der Waals surface area contributed by atoms with Gasteiger partial charge in [-0.25, -0.2) is 4.79 Å². The molecule has 7 heteroatoms. The number of rotatable bonds is 6. The number of hydrogen-bond donors (Lipinski definition) is 3. The summed E-state index contributed by atoms with van der Waals surface area (Å²) in [7, 11) is 0. The minimum absolute atomic E-state index is 0.459. The second-order valence-corrected chi connectivity index (χ2v) is 5.51. The van der Waals surface area contributed by atoms with E-state index in [9.17, 15) is 14.4 Å². The van der Waals surface area contributed by atoms with E-state index in [0.717, 1.165) is 25.7 Å². The summed E-state index contributed by atoms with van der Waals surface area (Å²) >= 11 is 0. The van der Waals surface area contributed by atoms with Gasteiger partial charge in [-0.3, -0.25) is 9.59 Å². The smallest absolute Gasteiger partial charge is 0.328 e. The third-order valence-electron chi connectivity index (χ3n) is 3.45. The molecule has 0 unspecified atom stereocenters. The second kappa shape index (κ2) is 6.69. The summed E-state index contributed by atoms with van der Waals surface area (Å²) in [6.45, 7) is 3.37. The number of carboxylic acids is 1. The molecule has 1 aliphatic carbocycles. The lowest BCUT2D eigenvalue weighted by molar-refractivity contribution is -0.160. The highest BCUT2D eigenvalue weighted by Crippen LogP contribution is 2.32. The van der Waals surface area contributed by atoms with E-state index in [1.54, 1.807) is 0 Å². The van der Waals surface area contributed by atoms with E-state index >= 15 is 0 Å². The first kappa shape index (κ1) is 16.4. The average molecular weight is 286 g/mol. The molecule has 1 fully saturated rings. The molecule has 0 saturated heterocycles. The maximum atomic E-state index is 11.9. The molecule has 0 spiro atoms. The molecular weight excluding hydrogens is 264 g/mol. The number of esters is 1. The van der Waals surface area contributed by atoms with Crippen LogP contribution in [0.3, 0.4) is 0 Å². The predicted molar refractivity (Wildman–Crippen MR) is 70.8 cm³/mol. The fourth-order valence-corrected chi connectivity index (χ4v) is 2.22. The van der Waals surface area contributed by atoms with E-state index in [1.807, 2.05) is 6.92 Å². The monoisotopic (exact) mass is 286 g/mol. The van der Waals surface area contributed by atoms with Crippen LogP contribution in [-0.2, 0) is 19.1 Å². The van der Waals surface area contributed by atoms with E-state index in [0.29, 0.717) is 0 Å². The minimum atomic E-state index is -1.18. The largest absolute Gasteiger partial charge is 0.481 e. The van der Waals surface area contributed by atoms with Crippen LogP contribution in [0.5, 0.6) is 0 Å². The summed E-state index contributed by atoms with van der Waals surface area (Å²) in [5, 5.41) is 10.9. The molecule has 0 aromatic rings. The standard InChI is InChI=1S/C13H22N2O5/c1-8(15-11(18)9(14)7-10(16)17)12(19)20-13(2)5-3-4-6-13/h8-9H,3-7,14H2,1-2H3,(H,15,18)(H,16,17)/t8-,9-/m0/s1. The van der Waals surface area contributed by atoms with Crippen LogP contribution in [0.4, 0.5) is 0 Å². The minimum Gasteiger partial charge on any atom is -0.481 e. The van der Waals surface area contributed by atoms with E-state index in [4.69, 9.17) is 15.6 Å². The molecule has 0 aromatic heterocycles. The SMILES string of the molecule is C[C@H](NC(=O)[C@@H](N)CC(=O)O)C(=O)OC1(C)CCCC1. The van der Waals surface area contributed by atoms with Gasteiger partial charge in [-0.1, -0.05) is 0 Å². The van der Waals surface area contributed by atoms with Gasteiger partial charge in [0.05, 0.1) is 12.5 Å². The lowest BCUT2D eigenvalue weighted by atomic mass is 10.1. The zero-order chi connectivity index (χ0) is 15.3. The number of aliphatic carboxylic acids is 1. The summed E-state index contributed by atoms with van der Waals surface area (Å²) in [5.41, 5.74) is 4.95. The van der Waals surface area contributed by atoms with Crippen LogP contribution in [0.1, 0.15) is 46.0 Å². The van der Waals surface area contributed by atoms with E-state index in [2.05, 4.69) is 5.32 Å². The summed E-state index contributed by atoms with van der Waals surface area (Å²) in [6, 6.07) is -2.02. The lowest BCUT2D eigenvalue weighted by Crippen LogP contribution is -2.49. The van der Waals surface area contributed by atoms with E-state index in [1.165, 1.54) is 6.92 Å². The molecule has 0 bridgehead atoms. The zero-order valence-electron chi connectivity index (χ0n) is 11.8. The number of amides is 1. The van der Waals surface area contributed by atoms with Crippen molar-refractivity contribution in [3.63, 3.8) is 0 Å². The summed E-state index contributed by atoms with van der Waals surface area (Å²) in [5.74, 6) is -2.36. The van der Waals surface area contributed by atoms with Crippen LogP contribution in [0.25, 0.3) is 0 Å². The average Bonchev–Trinajstić information content (AvgIpc) is 2.74. The Bertz CT molecular complexity index is 390. The van der Waals surface area contributed by atoms with Gasteiger partial charge < -0.3 is 20.9 Å².